The third-order valence-corrected chi connectivity index (χ3v) is 5.43. The summed E-state index contributed by atoms with van der Waals surface area (Å²) in [6.07, 6.45) is 1.73. The minimum atomic E-state index is 0.0495. The highest BCUT2D eigenvalue weighted by atomic mass is 79.9. The molecule has 1 aliphatic rings. The number of benzene rings is 1. The highest BCUT2D eigenvalue weighted by Crippen LogP contribution is 2.22. The van der Waals surface area contributed by atoms with Crippen LogP contribution >= 0.6 is 15.9 Å². The lowest BCUT2D eigenvalue weighted by Crippen LogP contribution is -2.49. The zero-order valence-electron chi connectivity index (χ0n) is 16.0. The van der Waals surface area contributed by atoms with E-state index in [4.69, 9.17) is 0 Å². The van der Waals surface area contributed by atoms with Gasteiger partial charge in [0.05, 0.1) is 5.56 Å². The summed E-state index contributed by atoms with van der Waals surface area (Å²) in [4.78, 5) is 30.2. The van der Waals surface area contributed by atoms with E-state index < -0.39 is 0 Å². The predicted octanol–water partition coefficient (Wildman–Crippen LogP) is 3.65. The minimum Gasteiger partial charge on any atom is -0.353 e. The van der Waals surface area contributed by atoms with Crippen LogP contribution in [0.4, 0.5) is 17.5 Å². The second-order valence-corrected chi connectivity index (χ2v) is 7.61. The summed E-state index contributed by atoms with van der Waals surface area (Å²) in [7, 11) is 0. The van der Waals surface area contributed by atoms with Gasteiger partial charge in [-0.3, -0.25) is 4.79 Å². The van der Waals surface area contributed by atoms with Gasteiger partial charge in [0.2, 0.25) is 0 Å². The summed E-state index contributed by atoms with van der Waals surface area (Å²) < 4.78 is 0.823. The van der Waals surface area contributed by atoms with Crippen LogP contribution in [0, 0.1) is 6.92 Å². The normalized spacial score (nSPS) is 14.0. The fourth-order valence-corrected chi connectivity index (χ4v) is 3.74. The Labute approximate surface area is 177 Å². The highest BCUT2D eigenvalue weighted by Gasteiger charge is 2.24. The van der Waals surface area contributed by atoms with Gasteiger partial charge in [-0.2, -0.15) is 0 Å². The van der Waals surface area contributed by atoms with Crippen molar-refractivity contribution in [2.45, 2.75) is 6.92 Å². The average molecular weight is 453 g/mol. The molecule has 4 rings (SSSR count). The molecule has 8 heteroatoms. The number of carbonyl (C=O) groups excluding carboxylic acids is 1. The molecule has 0 saturated carbocycles. The van der Waals surface area contributed by atoms with Crippen molar-refractivity contribution in [3.05, 3.63) is 70.6 Å². The molecule has 1 amide bonds. The molecule has 0 bridgehead atoms. The minimum absolute atomic E-state index is 0.0495. The molecule has 2 aromatic heterocycles. The van der Waals surface area contributed by atoms with Crippen LogP contribution in [0.5, 0.6) is 0 Å². The fraction of sp³-hybridized carbons (Fsp3) is 0.238. The van der Waals surface area contributed by atoms with Crippen LogP contribution < -0.4 is 10.2 Å². The number of rotatable bonds is 4. The Morgan fingerprint density at radius 2 is 1.76 bits per heavy atom. The number of carbonyl (C=O) groups is 1. The van der Waals surface area contributed by atoms with Crippen LogP contribution in [0.25, 0.3) is 0 Å². The van der Waals surface area contributed by atoms with Gasteiger partial charge in [-0.1, -0.05) is 18.2 Å². The van der Waals surface area contributed by atoms with Gasteiger partial charge in [-0.25, -0.2) is 15.0 Å². The Morgan fingerprint density at radius 1 is 1.00 bits per heavy atom. The first kappa shape index (κ1) is 19.3. The molecule has 148 valence electrons. The summed E-state index contributed by atoms with van der Waals surface area (Å²) in [5.41, 5.74) is 0.695. The summed E-state index contributed by atoms with van der Waals surface area (Å²) in [5.74, 6) is 3.03. The Morgan fingerprint density at radius 3 is 2.48 bits per heavy atom. The number of aryl methyl sites for hydroxylation is 1. The quantitative estimate of drug-likeness (QED) is 0.650. The Balaban J connectivity index is 1.44. The van der Waals surface area contributed by atoms with Gasteiger partial charge in [0.25, 0.3) is 5.91 Å². The van der Waals surface area contributed by atoms with Crippen molar-refractivity contribution in [2.24, 2.45) is 0 Å². The lowest BCUT2D eigenvalue weighted by molar-refractivity contribution is 0.0745. The van der Waals surface area contributed by atoms with Crippen LogP contribution in [0.1, 0.15) is 16.2 Å². The second kappa shape index (κ2) is 8.57. The predicted molar refractivity (Wildman–Crippen MR) is 117 cm³/mol. The van der Waals surface area contributed by atoms with E-state index in [1.54, 1.807) is 6.20 Å². The molecule has 1 aromatic carbocycles. The molecule has 0 unspecified atom stereocenters. The van der Waals surface area contributed by atoms with Crippen LogP contribution in [-0.4, -0.2) is 51.9 Å². The Hall–Kier alpha value is -3.00. The van der Waals surface area contributed by atoms with Crippen LogP contribution in [0.15, 0.2) is 59.2 Å². The zero-order chi connectivity index (χ0) is 20.2. The highest BCUT2D eigenvalue weighted by molar-refractivity contribution is 9.10. The van der Waals surface area contributed by atoms with Gasteiger partial charge in [-0.15, -0.1) is 0 Å². The van der Waals surface area contributed by atoms with Gasteiger partial charge in [0.15, 0.2) is 0 Å². The molecule has 0 radical (unpaired) electrons. The number of nitrogens with one attached hydrogen (secondary N) is 1. The number of nitrogens with zero attached hydrogens (tertiary/aromatic N) is 5. The van der Waals surface area contributed by atoms with Crippen LogP contribution in [-0.2, 0) is 0 Å². The monoisotopic (exact) mass is 452 g/mol. The molecule has 29 heavy (non-hydrogen) atoms. The van der Waals surface area contributed by atoms with Gasteiger partial charge < -0.3 is 15.1 Å². The Bertz CT molecular complexity index is 1010. The molecule has 0 aliphatic carbocycles. The maximum absolute atomic E-state index is 12.8. The van der Waals surface area contributed by atoms with Crippen molar-refractivity contribution in [1.29, 1.82) is 0 Å². The van der Waals surface area contributed by atoms with Crippen molar-refractivity contribution >= 4 is 39.3 Å². The molecule has 1 saturated heterocycles. The largest absolute Gasteiger partial charge is 0.353 e. The van der Waals surface area contributed by atoms with E-state index >= 15 is 0 Å². The van der Waals surface area contributed by atoms with E-state index in [2.05, 4.69) is 41.1 Å². The maximum Gasteiger partial charge on any atom is 0.255 e. The number of aromatic nitrogens is 3. The smallest absolute Gasteiger partial charge is 0.255 e. The lowest BCUT2D eigenvalue weighted by Gasteiger charge is -2.35. The number of pyridine rings is 1. The lowest BCUT2D eigenvalue weighted by atomic mass is 10.2. The summed E-state index contributed by atoms with van der Waals surface area (Å²) in [6, 6.07) is 15.1. The molecule has 0 spiro atoms. The third kappa shape index (κ3) is 4.54. The molecule has 1 fully saturated rings. The van der Waals surface area contributed by atoms with Gasteiger partial charge in [0, 0.05) is 42.9 Å². The van der Waals surface area contributed by atoms with Gasteiger partial charge in [0.1, 0.15) is 23.3 Å². The van der Waals surface area contributed by atoms with E-state index in [-0.39, 0.29) is 5.91 Å². The topological polar surface area (TPSA) is 74.2 Å². The summed E-state index contributed by atoms with van der Waals surface area (Å²) in [6.45, 7) is 4.60. The molecule has 1 aliphatic heterocycles. The summed E-state index contributed by atoms with van der Waals surface area (Å²) >= 11 is 3.47. The number of piperazine rings is 1. The van der Waals surface area contributed by atoms with Crippen molar-refractivity contribution in [2.75, 3.05) is 36.4 Å². The first-order valence-electron chi connectivity index (χ1n) is 9.42. The van der Waals surface area contributed by atoms with Gasteiger partial charge >= 0.3 is 0 Å². The van der Waals surface area contributed by atoms with Crippen LogP contribution in [0.2, 0.25) is 0 Å². The number of hydrogen-bond acceptors (Lipinski definition) is 6. The first-order chi connectivity index (χ1) is 14.1. The van der Waals surface area contributed by atoms with E-state index in [1.165, 1.54) is 0 Å². The average Bonchev–Trinajstić information content (AvgIpc) is 2.74. The second-order valence-electron chi connectivity index (χ2n) is 6.76. The molecule has 7 nitrogen and oxygen atoms in total. The standard InChI is InChI=1S/C21H21BrN6O/c1-15-24-19(26-18-8-4-5-9-23-18)14-20(25-15)27-10-12-28(13-11-27)21(29)16-6-2-3-7-17(16)22/h2-9,14H,10-13H2,1H3,(H,23,24,25,26). The van der Waals surface area contributed by atoms with Crippen molar-refractivity contribution < 1.29 is 4.79 Å². The van der Waals surface area contributed by atoms with Crippen LogP contribution in [0.3, 0.4) is 0 Å². The van der Waals surface area contributed by atoms with Crippen molar-refractivity contribution in [1.82, 2.24) is 19.9 Å². The zero-order valence-corrected chi connectivity index (χ0v) is 17.6. The molecule has 3 aromatic rings. The van der Waals surface area contributed by atoms with Crippen molar-refractivity contribution in [3.63, 3.8) is 0 Å². The number of anilines is 3. The molecule has 0 atom stereocenters. The maximum atomic E-state index is 12.8. The number of hydrogen-bond donors (Lipinski definition) is 1. The Kier molecular flexibility index (Phi) is 5.71. The fourth-order valence-electron chi connectivity index (χ4n) is 3.29. The summed E-state index contributed by atoms with van der Waals surface area (Å²) in [5, 5.41) is 3.22. The molecular weight excluding hydrogens is 432 g/mol. The molecular formula is C21H21BrN6O. The first-order valence-corrected chi connectivity index (χ1v) is 10.2. The SMILES string of the molecule is Cc1nc(Nc2ccccn2)cc(N2CCN(C(=O)c3ccccc3Br)CC2)n1. The third-order valence-electron chi connectivity index (χ3n) is 4.74. The van der Waals surface area contributed by atoms with Gasteiger partial charge in [-0.05, 0) is 47.1 Å². The number of amides is 1. The van der Waals surface area contributed by atoms with E-state index in [0.29, 0.717) is 30.3 Å². The number of halogens is 1. The van der Waals surface area contributed by atoms with E-state index in [9.17, 15) is 4.79 Å². The van der Waals surface area contributed by atoms with E-state index in [1.807, 2.05) is 60.4 Å². The molecule has 3 heterocycles. The van der Waals surface area contributed by atoms with E-state index in [0.717, 1.165) is 29.2 Å². The van der Waals surface area contributed by atoms with Crippen molar-refractivity contribution in [3.8, 4) is 0 Å². The molecule has 1 N–H and O–H groups in total.